The van der Waals surface area contributed by atoms with Crippen molar-refractivity contribution in [3.8, 4) is 22.8 Å². The summed E-state index contributed by atoms with van der Waals surface area (Å²) in [6, 6.07) is 7.04. The molecule has 4 aromatic rings. The van der Waals surface area contributed by atoms with Gasteiger partial charge in [-0.15, -0.1) is 0 Å². The van der Waals surface area contributed by atoms with E-state index in [1.165, 1.54) is 18.3 Å². The Morgan fingerprint density at radius 3 is 2.67 bits per heavy atom. The van der Waals surface area contributed by atoms with Gasteiger partial charge in [0.2, 0.25) is 5.13 Å². The van der Waals surface area contributed by atoms with Gasteiger partial charge in [0.25, 0.3) is 10.0 Å². The lowest BCUT2D eigenvalue weighted by molar-refractivity contribution is 0.473. The highest BCUT2D eigenvalue weighted by molar-refractivity contribution is 7.93. The Balaban J connectivity index is 1.69. The lowest BCUT2D eigenvalue weighted by atomic mass is 10.1. The highest BCUT2D eigenvalue weighted by Gasteiger charge is 2.24. The number of aromatic amines is 1. The van der Waals surface area contributed by atoms with Crippen LogP contribution in [0.5, 0.6) is 11.5 Å². The molecule has 0 fully saturated rings. The number of H-pyrrole nitrogens is 1. The molecule has 0 aliphatic carbocycles. The Labute approximate surface area is 177 Å². The van der Waals surface area contributed by atoms with Gasteiger partial charge in [0, 0.05) is 29.4 Å². The van der Waals surface area contributed by atoms with Crippen molar-refractivity contribution in [3.05, 3.63) is 65.6 Å². The van der Waals surface area contributed by atoms with Crippen molar-refractivity contribution in [3.63, 3.8) is 0 Å². The number of aromatic nitrogens is 4. The van der Waals surface area contributed by atoms with E-state index in [-0.39, 0.29) is 21.7 Å². The topological polar surface area (TPSA) is 110 Å². The third kappa shape index (κ3) is 4.10. The molecule has 4 rings (SSSR count). The second kappa shape index (κ2) is 7.97. The largest absolute Gasteiger partial charge is 0.455 e. The number of rotatable bonds is 6. The molecule has 0 radical (unpaired) electrons. The third-order valence-electron chi connectivity index (χ3n) is 3.81. The second-order valence-corrected chi connectivity index (χ2v) is 8.62. The number of hydrogen-bond acceptors (Lipinski definition) is 7. The molecule has 0 aliphatic rings. The van der Waals surface area contributed by atoms with Crippen molar-refractivity contribution in [2.45, 2.75) is 4.90 Å². The third-order valence-corrected chi connectivity index (χ3v) is 6.17. The minimum atomic E-state index is -4.30. The zero-order valence-corrected chi connectivity index (χ0v) is 17.0. The van der Waals surface area contributed by atoms with Crippen LogP contribution in [0.3, 0.4) is 0 Å². The standard InChI is InChI=1S/C17H10ClF2N5O3S2/c18-11-6-16(30(26,27)25-17-21-8-23-29-17)12(20)7-15(11)28-14-2-1-9(19)5-10(14)13-3-4-22-24-13/h1-8H,(H,22,24)(H,21,23,25). The molecule has 2 heterocycles. The molecule has 2 aromatic heterocycles. The second-order valence-electron chi connectivity index (χ2n) is 5.78. The van der Waals surface area contributed by atoms with Crippen LogP contribution in [0.2, 0.25) is 5.02 Å². The highest BCUT2D eigenvalue weighted by Crippen LogP contribution is 2.38. The summed E-state index contributed by atoms with van der Waals surface area (Å²) in [7, 11) is -4.30. The number of halogens is 3. The normalized spacial score (nSPS) is 11.4. The summed E-state index contributed by atoms with van der Waals surface area (Å²) in [5.74, 6) is -1.62. The molecule has 0 aliphatic heterocycles. The van der Waals surface area contributed by atoms with E-state index >= 15 is 0 Å². The Morgan fingerprint density at radius 1 is 1.13 bits per heavy atom. The first-order chi connectivity index (χ1) is 14.3. The number of hydrogen-bond donors (Lipinski definition) is 2. The van der Waals surface area contributed by atoms with Crippen LogP contribution in [0.25, 0.3) is 11.3 Å². The fourth-order valence-electron chi connectivity index (χ4n) is 2.51. The Morgan fingerprint density at radius 2 is 1.97 bits per heavy atom. The molecule has 13 heteroatoms. The van der Waals surface area contributed by atoms with Crippen LogP contribution in [-0.2, 0) is 10.0 Å². The van der Waals surface area contributed by atoms with Crippen LogP contribution in [0.4, 0.5) is 13.9 Å². The summed E-state index contributed by atoms with van der Waals surface area (Å²) in [5.41, 5.74) is 0.778. The SMILES string of the molecule is O=S(=O)(Nc1ncns1)c1cc(Cl)c(Oc2ccc(F)cc2-c2ccn[nH]2)cc1F. The molecular weight excluding hydrogens is 460 g/mol. The molecule has 0 spiro atoms. The lowest BCUT2D eigenvalue weighted by Gasteiger charge is -2.13. The molecule has 0 amide bonds. The molecule has 0 saturated carbocycles. The Hall–Kier alpha value is -3.09. The highest BCUT2D eigenvalue weighted by atomic mass is 35.5. The smallest absolute Gasteiger partial charge is 0.266 e. The van der Waals surface area contributed by atoms with Crippen molar-refractivity contribution in [2.75, 3.05) is 4.72 Å². The van der Waals surface area contributed by atoms with Gasteiger partial charge in [0.05, 0.1) is 10.7 Å². The summed E-state index contributed by atoms with van der Waals surface area (Å²) in [5, 5.41) is 6.29. The predicted octanol–water partition coefficient (Wildman–Crippen LogP) is 4.45. The maximum Gasteiger partial charge on any atom is 0.266 e. The van der Waals surface area contributed by atoms with Crippen molar-refractivity contribution >= 4 is 38.3 Å². The van der Waals surface area contributed by atoms with Crippen LogP contribution in [0, 0.1) is 11.6 Å². The van der Waals surface area contributed by atoms with Gasteiger partial charge in [-0.2, -0.15) is 9.47 Å². The average molecular weight is 470 g/mol. The van der Waals surface area contributed by atoms with E-state index in [2.05, 4.69) is 24.3 Å². The van der Waals surface area contributed by atoms with Crippen molar-refractivity contribution in [1.29, 1.82) is 0 Å². The fraction of sp³-hybridized carbons (Fsp3) is 0. The van der Waals surface area contributed by atoms with Gasteiger partial charge in [-0.05, 0) is 30.3 Å². The number of nitrogens with zero attached hydrogens (tertiary/aromatic N) is 3. The molecule has 2 N–H and O–H groups in total. The maximum absolute atomic E-state index is 14.6. The molecular formula is C17H10ClF2N5O3S2. The van der Waals surface area contributed by atoms with Crippen LogP contribution < -0.4 is 9.46 Å². The number of nitrogens with one attached hydrogen (secondary N) is 2. The summed E-state index contributed by atoms with van der Waals surface area (Å²) in [4.78, 5) is 3.00. The van der Waals surface area contributed by atoms with Gasteiger partial charge in [-0.1, -0.05) is 11.6 Å². The van der Waals surface area contributed by atoms with Crippen molar-refractivity contribution in [2.24, 2.45) is 0 Å². The van der Waals surface area contributed by atoms with E-state index in [1.54, 1.807) is 6.07 Å². The monoisotopic (exact) mass is 469 g/mol. The molecule has 0 bridgehead atoms. The van der Waals surface area contributed by atoms with Crippen LogP contribution in [0.15, 0.2) is 53.8 Å². The van der Waals surface area contributed by atoms with Gasteiger partial charge in [0.15, 0.2) is 0 Å². The van der Waals surface area contributed by atoms with Crippen LogP contribution >= 0.6 is 23.1 Å². The Kier molecular flexibility index (Phi) is 5.37. The van der Waals surface area contributed by atoms with Gasteiger partial charge >= 0.3 is 0 Å². The molecule has 2 aromatic carbocycles. The molecule has 30 heavy (non-hydrogen) atoms. The van der Waals surface area contributed by atoms with E-state index in [4.69, 9.17) is 16.3 Å². The zero-order valence-electron chi connectivity index (χ0n) is 14.6. The van der Waals surface area contributed by atoms with E-state index in [0.29, 0.717) is 11.3 Å². The first-order valence-electron chi connectivity index (χ1n) is 8.09. The molecule has 8 nitrogen and oxygen atoms in total. The minimum Gasteiger partial charge on any atom is -0.455 e. The summed E-state index contributed by atoms with van der Waals surface area (Å²) < 4.78 is 64.6. The van der Waals surface area contributed by atoms with Gasteiger partial charge in [-0.25, -0.2) is 22.2 Å². The predicted molar refractivity (Wildman–Crippen MR) is 106 cm³/mol. The van der Waals surface area contributed by atoms with Gasteiger partial charge in [0.1, 0.15) is 34.4 Å². The summed E-state index contributed by atoms with van der Waals surface area (Å²) in [6.45, 7) is 0. The molecule has 0 unspecified atom stereocenters. The van der Waals surface area contributed by atoms with Crippen molar-refractivity contribution in [1.82, 2.24) is 19.6 Å². The maximum atomic E-state index is 14.6. The van der Waals surface area contributed by atoms with E-state index in [1.807, 2.05) is 0 Å². The first-order valence-corrected chi connectivity index (χ1v) is 10.7. The minimum absolute atomic E-state index is 0.0265. The molecule has 154 valence electrons. The van der Waals surface area contributed by atoms with E-state index in [0.717, 1.165) is 36.1 Å². The summed E-state index contributed by atoms with van der Waals surface area (Å²) >= 11 is 6.93. The van der Waals surface area contributed by atoms with Crippen LogP contribution in [-0.4, -0.2) is 28.0 Å². The molecule has 0 saturated heterocycles. The number of benzene rings is 2. The lowest BCUT2D eigenvalue weighted by Crippen LogP contribution is -2.14. The number of anilines is 1. The van der Waals surface area contributed by atoms with Gasteiger partial charge in [-0.3, -0.25) is 9.82 Å². The van der Waals surface area contributed by atoms with E-state index in [9.17, 15) is 17.2 Å². The zero-order chi connectivity index (χ0) is 21.3. The molecule has 0 atom stereocenters. The van der Waals surface area contributed by atoms with Gasteiger partial charge < -0.3 is 4.74 Å². The van der Waals surface area contributed by atoms with Crippen molar-refractivity contribution < 1.29 is 21.9 Å². The Bertz CT molecular complexity index is 1300. The fourth-order valence-corrected chi connectivity index (χ4v) is 4.52. The first kappa shape index (κ1) is 20.2. The van der Waals surface area contributed by atoms with E-state index < -0.39 is 26.6 Å². The number of ether oxygens (including phenoxy) is 1. The number of sulfonamides is 1. The summed E-state index contributed by atoms with van der Waals surface area (Å²) in [6.07, 6.45) is 2.63. The average Bonchev–Trinajstić information content (AvgIpc) is 3.39. The van der Waals surface area contributed by atoms with Crippen LogP contribution in [0.1, 0.15) is 0 Å². The quantitative estimate of drug-likeness (QED) is 0.431.